The Morgan fingerprint density at radius 2 is 0.812 bits per heavy atom. The second-order valence-electron chi connectivity index (χ2n) is 9.96. The van der Waals surface area contributed by atoms with E-state index in [2.05, 4.69) is 84.9 Å². The van der Waals surface area contributed by atoms with Crippen molar-refractivity contribution >= 4 is 0 Å². The van der Waals surface area contributed by atoms with Gasteiger partial charge in [0.2, 0.25) is 0 Å². The molecule has 3 aliphatic carbocycles. The molecule has 0 bridgehead atoms. The van der Waals surface area contributed by atoms with Crippen LogP contribution in [0.3, 0.4) is 0 Å². The molecule has 7 rings (SSSR count). The fourth-order valence-corrected chi connectivity index (χ4v) is 6.84. The van der Waals surface area contributed by atoms with Gasteiger partial charge in [-0.05, 0) is 106 Å². The second kappa shape index (κ2) is 7.20. The summed E-state index contributed by atoms with van der Waals surface area (Å²) in [7, 11) is 0. The zero-order chi connectivity index (χ0) is 21.1. The van der Waals surface area contributed by atoms with Crippen LogP contribution in [0.1, 0.15) is 70.9 Å². The molecule has 0 heterocycles. The van der Waals surface area contributed by atoms with Crippen molar-refractivity contribution in [3.05, 3.63) is 118 Å². The van der Waals surface area contributed by atoms with Gasteiger partial charge >= 0.3 is 0 Å². The maximum absolute atomic E-state index is 2.42. The van der Waals surface area contributed by atoms with Crippen LogP contribution in [0.4, 0.5) is 0 Å². The fraction of sp³-hybridized carbons (Fsp3) is 0.250. The number of rotatable bonds is 2. The lowest BCUT2D eigenvalue weighted by molar-refractivity contribution is 0.394. The Labute approximate surface area is 191 Å². The molecule has 0 spiro atoms. The minimum absolute atomic E-state index is 0.712. The summed E-state index contributed by atoms with van der Waals surface area (Å²) in [5.41, 5.74) is 15.4. The van der Waals surface area contributed by atoms with E-state index in [1.165, 1.54) is 59.1 Å². The van der Waals surface area contributed by atoms with Crippen LogP contribution in [0.25, 0.3) is 22.3 Å². The Morgan fingerprint density at radius 1 is 0.406 bits per heavy atom. The Hall–Kier alpha value is -3.12. The Kier molecular flexibility index (Phi) is 4.15. The molecule has 0 unspecified atom stereocenters. The van der Waals surface area contributed by atoms with E-state index >= 15 is 0 Å². The SMILES string of the molecule is c1ccc2c(c1)Cc1c-2cccc1C1CCC(c2cccc3c2Cc2ccccc2-3)CC1. The third-order valence-corrected chi connectivity index (χ3v) is 8.38. The summed E-state index contributed by atoms with van der Waals surface area (Å²) < 4.78 is 0. The van der Waals surface area contributed by atoms with Crippen molar-refractivity contribution in [1.82, 2.24) is 0 Å². The maximum atomic E-state index is 2.42. The molecule has 1 fully saturated rings. The van der Waals surface area contributed by atoms with Crippen LogP contribution in [-0.2, 0) is 12.8 Å². The van der Waals surface area contributed by atoms with Gasteiger partial charge < -0.3 is 0 Å². The number of fused-ring (bicyclic) bond motifs is 6. The Bertz CT molecular complexity index is 1230. The highest BCUT2D eigenvalue weighted by atomic mass is 14.3. The van der Waals surface area contributed by atoms with E-state index in [0.717, 1.165) is 12.8 Å². The third-order valence-electron chi connectivity index (χ3n) is 8.38. The van der Waals surface area contributed by atoms with Crippen LogP contribution < -0.4 is 0 Å². The Morgan fingerprint density at radius 3 is 1.28 bits per heavy atom. The second-order valence-corrected chi connectivity index (χ2v) is 9.96. The lowest BCUT2D eigenvalue weighted by atomic mass is 9.73. The van der Waals surface area contributed by atoms with Crippen LogP contribution in [0.2, 0.25) is 0 Å². The van der Waals surface area contributed by atoms with E-state index in [1.54, 1.807) is 22.3 Å². The van der Waals surface area contributed by atoms with Crippen molar-refractivity contribution in [2.24, 2.45) is 0 Å². The highest BCUT2D eigenvalue weighted by Gasteiger charge is 2.30. The van der Waals surface area contributed by atoms with Gasteiger partial charge in [0.25, 0.3) is 0 Å². The summed E-state index contributed by atoms with van der Waals surface area (Å²) in [6.07, 6.45) is 7.49. The predicted octanol–water partition coefficient (Wildman–Crippen LogP) is 8.27. The minimum Gasteiger partial charge on any atom is -0.0619 e. The number of benzene rings is 4. The van der Waals surface area contributed by atoms with Crippen molar-refractivity contribution in [3.8, 4) is 22.3 Å². The number of hydrogen-bond acceptors (Lipinski definition) is 0. The molecule has 32 heavy (non-hydrogen) atoms. The van der Waals surface area contributed by atoms with Crippen LogP contribution in [0.15, 0.2) is 84.9 Å². The molecule has 0 atom stereocenters. The molecular formula is C32H28. The van der Waals surface area contributed by atoms with Crippen molar-refractivity contribution in [2.75, 3.05) is 0 Å². The van der Waals surface area contributed by atoms with Gasteiger partial charge in [0.1, 0.15) is 0 Å². The van der Waals surface area contributed by atoms with E-state index in [1.807, 2.05) is 0 Å². The molecular weight excluding hydrogens is 384 g/mol. The highest BCUT2D eigenvalue weighted by Crippen LogP contribution is 2.48. The van der Waals surface area contributed by atoms with E-state index in [-0.39, 0.29) is 0 Å². The first kappa shape index (κ1) is 18.5. The van der Waals surface area contributed by atoms with E-state index in [4.69, 9.17) is 0 Å². The predicted molar refractivity (Wildman–Crippen MR) is 133 cm³/mol. The lowest BCUT2D eigenvalue weighted by Crippen LogP contribution is -2.14. The molecule has 0 heteroatoms. The summed E-state index contributed by atoms with van der Waals surface area (Å²) in [4.78, 5) is 0. The van der Waals surface area contributed by atoms with Crippen LogP contribution >= 0.6 is 0 Å². The quantitative estimate of drug-likeness (QED) is 0.268. The zero-order valence-electron chi connectivity index (χ0n) is 18.5. The molecule has 0 aromatic heterocycles. The normalized spacial score (nSPS) is 20.4. The molecule has 4 aromatic rings. The smallest absolute Gasteiger partial charge is 0.00106 e. The van der Waals surface area contributed by atoms with Gasteiger partial charge in [-0.2, -0.15) is 0 Å². The summed E-state index contributed by atoms with van der Waals surface area (Å²) in [6, 6.07) is 32.1. The minimum atomic E-state index is 0.712. The highest BCUT2D eigenvalue weighted by molar-refractivity contribution is 5.79. The van der Waals surface area contributed by atoms with Gasteiger partial charge in [-0.1, -0.05) is 84.9 Å². The van der Waals surface area contributed by atoms with Crippen molar-refractivity contribution in [2.45, 2.75) is 50.4 Å². The molecule has 0 nitrogen and oxygen atoms in total. The monoisotopic (exact) mass is 412 g/mol. The largest absolute Gasteiger partial charge is 0.0619 e. The first-order valence-corrected chi connectivity index (χ1v) is 12.3. The van der Waals surface area contributed by atoms with Gasteiger partial charge in [-0.15, -0.1) is 0 Å². The average molecular weight is 413 g/mol. The van der Waals surface area contributed by atoms with Gasteiger partial charge in [0.15, 0.2) is 0 Å². The Balaban J connectivity index is 1.15. The third kappa shape index (κ3) is 2.75. The van der Waals surface area contributed by atoms with Gasteiger partial charge in [0.05, 0.1) is 0 Å². The van der Waals surface area contributed by atoms with Crippen LogP contribution in [0, 0.1) is 0 Å². The van der Waals surface area contributed by atoms with E-state index in [0.29, 0.717) is 11.8 Å². The summed E-state index contributed by atoms with van der Waals surface area (Å²) in [5.74, 6) is 1.42. The molecule has 4 aromatic carbocycles. The molecule has 0 N–H and O–H groups in total. The van der Waals surface area contributed by atoms with Crippen molar-refractivity contribution in [1.29, 1.82) is 0 Å². The summed E-state index contributed by atoms with van der Waals surface area (Å²) in [5, 5.41) is 0. The maximum Gasteiger partial charge on any atom is -0.00106 e. The van der Waals surface area contributed by atoms with Crippen molar-refractivity contribution < 1.29 is 0 Å². The molecule has 1 saturated carbocycles. The molecule has 0 saturated heterocycles. The van der Waals surface area contributed by atoms with Gasteiger partial charge in [-0.3, -0.25) is 0 Å². The standard InChI is InChI=1S/C32H28/c1-3-9-27-23(7-1)19-31-25(11-5-13-29(27)31)21-15-17-22(18-16-21)26-12-6-14-30-28-10-4-2-8-24(28)20-32(26)30/h1-14,21-22H,15-20H2. The molecule has 0 radical (unpaired) electrons. The van der Waals surface area contributed by atoms with Crippen LogP contribution in [-0.4, -0.2) is 0 Å². The topological polar surface area (TPSA) is 0 Å². The molecule has 156 valence electrons. The summed E-state index contributed by atoms with van der Waals surface area (Å²) in [6.45, 7) is 0. The fourth-order valence-electron chi connectivity index (χ4n) is 6.84. The van der Waals surface area contributed by atoms with Crippen LogP contribution in [0.5, 0.6) is 0 Å². The first-order chi connectivity index (χ1) is 15.9. The van der Waals surface area contributed by atoms with Gasteiger partial charge in [-0.25, -0.2) is 0 Å². The van der Waals surface area contributed by atoms with Gasteiger partial charge in [0, 0.05) is 0 Å². The van der Waals surface area contributed by atoms with E-state index in [9.17, 15) is 0 Å². The number of hydrogen-bond donors (Lipinski definition) is 0. The molecule has 3 aliphatic rings. The molecule has 0 aliphatic heterocycles. The van der Waals surface area contributed by atoms with E-state index < -0.39 is 0 Å². The average Bonchev–Trinajstić information content (AvgIpc) is 3.42. The van der Waals surface area contributed by atoms with Crippen molar-refractivity contribution in [3.63, 3.8) is 0 Å². The molecule has 0 amide bonds. The lowest BCUT2D eigenvalue weighted by Gasteiger charge is -2.31. The first-order valence-electron chi connectivity index (χ1n) is 12.3. The summed E-state index contributed by atoms with van der Waals surface area (Å²) >= 11 is 0. The zero-order valence-corrected chi connectivity index (χ0v) is 18.5.